The van der Waals surface area contributed by atoms with E-state index in [-0.39, 0.29) is 29.9 Å². The van der Waals surface area contributed by atoms with E-state index in [0.717, 1.165) is 64.2 Å². The summed E-state index contributed by atoms with van der Waals surface area (Å²) in [6.07, 6.45) is 0. The van der Waals surface area contributed by atoms with E-state index >= 15 is 0 Å². The predicted octanol–water partition coefficient (Wildman–Crippen LogP) is 12.2. The third-order valence-electron chi connectivity index (χ3n) is 8.13. The molecule has 3 heteroatoms. The van der Waals surface area contributed by atoms with Gasteiger partial charge in [0.2, 0.25) is 0 Å². The lowest BCUT2D eigenvalue weighted by Crippen LogP contribution is -2.10. The van der Waals surface area contributed by atoms with Crippen molar-refractivity contribution < 1.29 is 9.90 Å². The summed E-state index contributed by atoms with van der Waals surface area (Å²) in [5.41, 5.74) is 4.23. The summed E-state index contributed by atoms with van der Waals surface area (Å²) in [7, 11) is 0. The molecule has 0 spiro atoms. The van der Waals surface area contributed by atoms with Crippen molar-refractivity contribution in [1.29, 1.82) is 0 Å². The Morgan fingerprint density at radius 3 is 2.33 bits per heavy atom. The smallest absolute Gasteiger partial charge is 0.143 e. The highest BCUT2D eigenvalue weighted by atomic mass is 32.1. The predicted molar refractivity (Wildman–Crippen MR) is 184 cm³/mol. The van der Waals surface area contributed by atoms with Crippen molar-refractivity contribution in [3.05, 3.63) is 152 Å². The summed E-state index contributed by atoms with van der Waals surface area (Å²) in [5.74, 6) is 0. The molecule has 2 aromatic heterocycles. The molecule has 0 amide bonds. The van der Waals surface area contributed by atoms with Crippen LogP contribution >= 0.6 is 11.3 Å². The van der Waals surface area contributed by atoms with Crippen molar-refractivity contribution in [3.8, 4) is 11.1 Å². The van der Waals surface area contributed by atoms with E-state index in [2.05, 4.69) is 42.5 Å². The quantitative estimate of drug-likeness (QED) is 0.209. The zero-order valence-electron chi connectivity index (χ0n) is 26.9. The molecule has 7 aromatic carbocycles. The molecule has 0 aliphatic carbocycles. The number of furan rings is 1. The topological polar surface area (TPSA) is 16.4 Å². The molecule has 0 unspecified atom stereocenters. The molecule has 43 heavy (non-hydrogen) atoms. The highest BCUT2D eigenvalue weighted by Crippen LogP contribution is 2.46. The molecule has 202 valence electrons. The van der Waals surface area contributed by atoms with Gasteiger partial charge < -0.3 is 9.32 Å². The van der Waals surface area contributed by atoms with Crippen molar-refractivity contribution in [1.82, 2.24) is 0 Å². The lowest BCUT2D eigenvalue weighted by atomic mass is 10.0. The van der Waals surface area contributed by atoms with Crippen LogP contribution in [-0.4, -0.2) is 0 Å². The molecule has 0 atom stereocenters. The van der Waals surface area contributed by atoms with Gasteiger partial charge in [0.25, 0.3) is 0 Å². The number of para-hydroxylation sites is 1. The molecular formula is C40H25NOS. The summed E-state index contributed by atoms with van der Waals surface area (Å²) in [4.78, 5) is 1.89. The standard InChI is InChI=1S/C40H25NOS/c1-2-13-28(14-3-1)41(35-20-10-21-36-38(35)34-24-23-26-11-4-5-16-30(26)39(34)42-36)29-15-8-12-27(25-29)31-18-9-19-33-32-17-6-7-22-37(32)43-40(31)33/h1-25H/i8D,12D,15D,25D. The van der Waals surface area contributed by atoms with Crippen molar-refractivity contribution in [2.75, 3.05) is 4.90 Å². The first kappa shape index (κ1) is 20.5. The lowest BCUT2D eigenvalue weighted by molar-refractivity contribution is 0.672. The highest BCUT2D eigenvalue weighted by molar-refractivity contribution is 7.26. The van der Waals surface area contributed by atoms with Crippen molar-refractivity contribution in [2.45, 2.75) is 0 Å². The van der Waals surface area contributed by atoms with Gasteiger partial charge in [-0.1, -0.05) is 103 Å². The zero-order valence-corrected chi connectivity index (χ0v) is 23.7. The molecule has 0 bridgehead atoms. The normalized spacial score (nSPS) is 13.0. The van der Waals surface area contributed by atoms with Crippen LogP contribution in [0.4, 0.5) is 17.1 Å². The molecule has 0 radical (unpaired) electrons. The van der Waals surface area contributed by atoms with Gasteiger partial charge in [-0.2, -0.15) is 0 Å². The van der Waals surface area contributed by atoms with Crippen LogP contribution in [-0.2, 0) is 0 Å². The van der Waals surface area contributed by atoms with E-state index in [1.807, 2.05) is 89.8 Å². The summed E-state index contributed by atoms with van der Waals surface area (Å²) in [5, 5.41) is 6.02. The van der Waals surface area contributed by atoms with Crippen LogP contribution in [0.1, 0.15) is 5.48 Å². The number of fused-ring (bicyclic) bond motifs is 8. The molecule has 0 aliphatic heterocycles. The fraction of sp³-hybridized carbons (Fsp3) is 0. The Bertz CT molecular complexity index is 2700. The number of benzene rings is 7. The van der Waals surface area contributed by atoms with Gasteiger partial charge in [0.15, 0.2) is 0 Å². The van der Waals surface area contributed by atoms with Gasteiger partial charge in [-0.25, -0.2) is 0 Å². The fourth-order valence-corrected chi connectivity index (χ4v) is 7.43. The number of rotatable bonds is 4. The average Bonchev–Trinajstić information content (AvgIpc) is 3.69. The molecule has 0 aliphatic rings. The Morgan fingerprint density at radius 1 is 0.605 bits per heavy atom. The lowest BCUT2D eigenvalue weighted by Gasteiger charge is -2.26. The van der Waals surface area contributed by atoms with Gasteiger partial charge in [0.1, 0.15) is 11.2 Å². The minimum atomic E-state index is -0.222. The molecule has 0 saturated carbocycles. The largest absolute Gasteiger partial charge is 0.455 e. The molecule has 0 fully saturated rings. The second-order valence-corrected chi connectivity index (χ2v) is 11.6. The van der Waals surface area contributed by atoms with Crippen molar-refractivity contribution in [2.24, 2.45) is 0 Å². The first-order chi connectivity index (χ1) is 23.0. The zero-order chi connectivity index (χ0) is 31.8. The monoisotopic (exact) mass is 571 g/mol. The second kappa shape index (κ2) is 9.59. The Hall–Kier alpha value is -5.38. The summed E-state index contributed by atoms with van der Waals surface area (Å²) in [6, 6.07) is 41.4. The SMILES string of the molecule is [2H]c1c([2H])c(-c2cccc3c2sc2ccccc23)c([2H])c(N(c2ccccc2)c2cccc3oc4c5ccccc5ccc4c23)c1[2H]. The van der Waals surface area contributed by atoms with Gasteiger partial charge in [0, 0.05) is 42.3 Å². The minimum absolute atomic E-state index is 0.0278. The summed E-state index contributed by atoms with van der Waals surface area (Å²) < 4.78 is 45.8. The molecule has 0 saturated heterocycles. The average molecular weight is 572 g/mol. The summed E-state index contributed by atoms with van der Waals surface area (Å²) >= 11 is 1.62. The maximum Gasteiger partial charge on any atom is 0.143 e. The van der Waals surface area contributed by atoms with E-state index < -0.39 is 0 Å². The van der Waals surface area contributed by atoms with E-state index in [1.165, 1.54) is 0 Å². The Labute approximate surface area is 258 Å². The molecule has 0 N–H and O–H groups in total. The Morgan fingerprint density at radius 2 is 1.40 bits per heavy atom. The minimum Gasteiger partial charge on any atom is -0.455 e. The van der Waals surface area contributed by atoms with Gasteiger partial charge in [0.05, 0.1) is 16.6 Å². The Kier molecular flexibility index (Phi) is 4.57. The summed E-state index contributed by atoms with van der Waals surface area (Å²) in [6.45, 7) is 0. The number of hydrogen-bond donors (Lipinski definition) is 0. The number of anilines is 3. The van der Waals surface area contributed by atoms with Crippen LogP contribution in [0.3, 0.4) is 0 Å². The molecule has 2 heterocycles. The maximum atomic E-state index is 9.76. The van der Waals surface area contributed by atoms with Crippen molar-refractivity contribution in [3.63, 3.8) is 0 Å². The van der Waals surface area contributed by atoms with E-state index in [9.17, 15) is 2.74 Å². The van der Waals surface area contributed by atoms with Crippen LogP contribution in [0.25, 0.3) is 64.0 Å². The Balaban J connectivity index is 1.38. The van der Waals surface area contributed by atoms with Gasteiger partial charge >= 0.3 is 0 Å². The first-order valence-electron chi connectivity index (χ1n) is 16.2. The molecule has 9 aromatic rings. The van der Waals surface area contributed by atoms with Gasteiger partial charge in [-0.05, 0) is 65.0 Å². The number of hydrogen-bond acceptors (Lipinski definition) is 3. The van der Waals surface area contributed by atoms with E-state index in [0.29, 0.717) is 11.1 Å². The maximum absolute atomic E-state index is 9.76. The van der Waals surface area contributed by atoms with Crippen LogP contribution < -0.4 is 4.90 Å². The van der Waals surface area contributed by atoms with E-state index in [4.69, 9.17) is 7.16 Å². The van der Waals surface area contributed by atoms with Crippen LogP contribution in [0.15, 0.2) is 156 Å². The van der Waals surface area contributed by atoms with Crippen LogP contribution in [0, 0.1) is 0 Å². The van der Waals surface area contributed by atoms with Gasteiger partial charge in [-0.3, -0.25) is 0 Å². The number of nitrogens with zero attached hydrogens (tertiary/aromatic N) is 1. The fourth-order valence-electron chi connectivity index (χ4n) is 6.21. The molecular weight excluding hydrogens is 543 g/mol. The van der Waals surface area contributed by atoms with Crippen LogP contribution in [0.2, 0.25) is 0 Å². The highest BCUT2D eigenvalue weighted by Gasteiger charge is 2.21. The third-order valence-corrected chi connectivity index (χ3v) is 9.35. The first-order valence-corrected chi connectivity index (χ1v) is 15.0. The van der Waals surface area contributed by atoms with Crippen molar-refractivity contribution >= 4 is 81.3 Å². The molecule has 2 nitrogen and oxygen atoms in total. The molecule has 9 rings (SSSR count). The number of thiophene rings is 1. The van der Waals surface area contributed by atoms with Gasteiger partial charge in [-0.15, -0.1) is 11.3 Å². The second-order valence-electron chi connectivity index (χ2n) is 10.6. The third kappa shape index (κ3) is 3.79. The van der Waals surface area contributed by atoms with Crippen LogP contribution in [0.5, 0.6) is 0 Å². The van der Waals surface area contributed by atoms with E-state index in [1.54, 1.807) is 11.3 Å².